The highest BCUT2D eigenvalue weighted by molar-refractivity contribution is 6.30. The van der Waals surface area contributed by atoms with Gasteiger partial charge in [-0.15, -0.1) is 0 Å². The number of rotatable bonds is 9. The summed E-state index contributed by atoms with van der Waals surface area (Å²) in [6.07, 6.45) is 8.43. The number of benzene rings is 2. The summed E-state index contributed by atoms with van der Waals surface area (Å²) in [6.45, 7) is 1.74. The molecule has 0 spiro atoms. The zero-order valence-corrected chi connectivity index (χ0v) is 15.2. The van der Waals surface area contributed by atoms with Crippen LogP contribution < -0.4 is 0 Å². The summed E-state index contributed by atoms with van der Waals surface area (Å²) in [6, 6.07) is 15.4. The molecule has 0 N–H and O–H groups in total. The lowest BCUT2D eigenvalue weighted by Gasteiger charge is -1.98. The van der Waals surface area contributed by atoms with Gasteiger partial charge in [0.1, 0.15) is 0 Å². The van der Waals surface area contributed by atoms with Gasteiger partial charge in [-0.05, 0) is 48.2 Å². The SMILES string of the molecule is Clc1ccc(C=NCCCCCCN=Cc2ccc(Cl)cc2)cc1. The molecule has 0 radical (unpaired) electrons. The molecule has 2 aromatic rings. The van der Waals surface area contributed by atoms with Gasteiger partial charge in [-0.2, -0.15) is 0 Å². The molecule has 0 aromatic heterocycles. The molecule has 0 atom stereocenters. The summed E-state index contributed by atoms with van der Waals surface area (Å²) in [5.41, 5.74) is 2.19. The van der Waals surface area contributed by atoms with Crippen molar-refractivity contribution in [2.24, 2.45) is 9.98 Å². The van der Waals surface area contributed by atoms with Crippen LogP contribution in [0.15, 0.2) is 58.5 Å². The van der Waals surface area contributed by atoms with Crippen molar-refractivity contribution < 1.29 is 0 Å². The lowest BCUT2D eigenvalue weighted by atomic mass is 10.2. The minimum Gasteiger partial charge on any atom is -0.293 e. The molecular weight excluding hydrogens is 339 g/mol. The fourth-order valence-electron chi connectivity index (χ4n) is 2.20. The molecule has 2 rings (SSSR count). The van der Waals surface area contributed by atoms with Crippen LogP contribution in [0.5, 0.6) is 0 Å². The van der Waals surface area contributed by atoms with E-state index in [1.54, 1.807) is 0 Å². The second-order valence-corrected chi connectivity index (χ2v) is 6.46. The van der Waals surface area contributed by atoms with Gasteiger partial charge in [0.05, 0.1) is 0 Å². The van der Waals surface area contributed by atoms with E-state index in [4.69, 9.17) is 23.2 Å². The highest BCUT2D eigenvalue weighted by Crippen LogP contribution is 2.09. The molecular formula is C20H22Cl2N2. The van der Waals surface area contributed by atoms with Crippen molar-refractivity contribution in [3.63, 3.8) is 0 Å². The predicted molar refractivity (Wildman–Crippen MR) is 106 cm³/mol. The Morgan fingerprint density at radius 2 is 0.958 bits per heavy atom. The molecule has 0 fully saturated rings. The Hall–Kier alpha value is -1.64. The Bertz CT molecular complexity index is 587. The topological polar surface area (TPSA) is 24.7 Å². The number of aliphatic imine (C=N–C) groups is 2. The Morgan fingerprint density at radius 1 is 0.583 bits per heavy atom. The zero-order valence-electron chi connectivity index (χ0n) is 13.7. The second kappa shape index (κ2) is 11.0. The van der Waals surface area contributed by atoms with Gasteiger partial charge in [0.2, 0.25) is 0 Å². The van der Waals surface area contributed by atoms with Crippen molar-refractivity contribution in [2.45, 2.75) is 25.7 Å². The highest BCUT2D eigenvalue weighted by atomic mass is 35.5. The third-order valence-corrected chi connectivity index (χ3v) is 4.05. The van der Waals surface area contributed by atoms with Gasteiger partial charge in [-0.3, -0.25) is 9.98 Å². The van der Waals surface area contributed by atoms with Crippen LogP contribution in [0.4, 0.5) is 0 Å². The fraction of sp³-hybridized carbons (Fsp3) is 0.300. The molecule has 0 aliphatic carbocycles. The molecule has 2 aromatic carbocycles. The van der Waals surface area contributed by atoms with Gasteiger partial charge >= 0.3 is 0 Å². The maximum atomic E-state index is 5.85. The smallest absolute Gasteiger partial charge is 0.0406 e. The van der Waals surface area contributed by atoms with Crippen molar-refractivity contribution >= 4 is 35.6 Å². The average molecular weight is 361 g/mol. The van der Waals surface area contributed by atoms with E-state index in [1.807, 2.05) is 61.0 Å². The Kier molecular flexibility index (Phi) is 8.58. The van der Waals surface area contributed by atoms with Crippen LogP contribution in [-0.4, -0.2) is 25.5 Å². The first-order valence-corrected chi connectivity index (χ1v) is 9.00. The normalized spacial score (nSPS) is 11.6. The van der Waals surface area contributed by atoms with Crippen LogP contribution in [0, 0.1) is 0 Å². The van der Waals surface area contributed by atoms with Crippen molar-refractivity contribution in [3.05, 3.63) is 69.7 Å². The molecule has 4 heteroatoms. The van der Waals surface area contributed by atoms with Gasteiger partial charge in [0.25, 0.3) is 0 Å². The summed E-state index contributed by atoms with van der Waals surface area (Å²) in [7, 11) is 0. The number of halogens is 2. The summed E-state index contributed by atoms with van der Waals surface area (Å²) >= 11 is 11.7. The fourth-order valence-corrected chi connectivity index (χ4v) is 2.45. The van der Waals surface area contributed by atoms with Crippen molar-refractivity contribution in [1.82, 2.24) is 0 Å². The van der Waals surface area contributed by atoms with E-state index in [0.29, 0.717) is 0 Å². The summed E-state index contributed by atoms with van der Waals surface area (Å²) in [5, 5.41) is 1.51. The summed E-state index contributed by atoms with van der Waals surface area (Å²) in [4.78, 5) is 8.89. The van der Waals surface area contributed by atoms with E-state index in [9.17, 15) is 0 Å². The first kappa shape index (κ1) is 18.7. The first-order valence-electron chi connectivity index (χ1n) is 8.25. The molecule has 0 unspecified atom stereocenters. The molecule has 0 aliphatic heterocycles. The van der Waals surface area contributed by atoms with Crippen molar-refractivity contribution in [2.75, 3.05) is 13.1 Å². The van der Waals surface area contributed by atoms with E-state index in [2.05, 4.69) is 9.98 Å². The second-order valence-electron chi connectivity index (χ2n) is 5.59. The Balaban J connectivity index is 1.51. The lowest BCUT2D eigenvalue weighted by molar-refractivity contribution is 0.655. The number of nitrogens with zero attached hydrogens (tertiary/aromatic N) is 2. The summed E-state index contributed by atoms with van der Waals surface area (Å²) in [5.74, 6) is 0. The molecule has 0 bridgehead atoms. The Labute approximate surface area is 154 Å². The molecule has 0 aliphatic rings. The molecule has 0 heterocycles. The molecule has 0 saturated carbocycles. The highest BCUT2D eigenvalue weighted by Gasteiger charge is 1.91. The third kappa shape index (κ3) is 7.76. The van der Waals surface area contributed by atoms with Crippen LogP contribution in [0.1, 0.15) is 36.8 Å². The van der Waals surface area contributed by atoms with Gasteiger partial charge in [-0.1, -0.05) is 60.3 Å². The number of hydrogen-bond donors (Lipinski definition) is 0. The minimum absolute atomic E-state index is 0.755. The molecule has 0 amide bonds. The van der Waals surface area contributed by atoms with Crippen LogP contribution in [0.2, 0.25) is 10.0 Å². The standard InChI is InChI=1S/C20H22Cl2N2/c21-19-9-5-17(6-10-19)15-23-13-3-1-2-4-14-24-16-18-7-11-20(22)12-8-18/h5-12,15-16H,1-4,13-14H2. The van der Waals surface area contributed by atoms with E-state index in [0.717, 1.165) is 47.1 Å². The maximum Gasteiger partial charge on any atom is 0.0406 e. The number of unbranched alkanes of at least 4 members (excludes halogenated alkanes) is 3. The van der Waals surface area contributed by atoms with Gasteiger partial charge in [0, 0.05) is 35.6 Å². The quantitative estimate of drug-likeness (QED) is 0.381. The van der Waals surface area contributed by atoms with Gasteiger partial charge in [0.15, 0.2) is 0 Å². The van der Waals surface area contributed by atoms with Crippen LogP contribution >= 0.6 is 23.2 Å². The molecule has 0 saturated heterocycles. The van der Waals surface area contributed by atoms with E-state index < -0.39 is 0 Å². The van der Waals surface area contributed by atoms with Gasteiger partial charge in [-0.25, -0.2) is 0 Å². The largest absolute Gasteiger partial charge is 0.293 e. The van der Waals surface area contributed by atoms with Gasteiger partial charge < -0.3 is 0 Å². The first-order chi connectivity index (χ1) is 11.7. The number of hydrogen-bond acceptors (Lipinski definition) is 2. The van der Waals surface area contributed by atoms with Crippen molar-refractivity contribution in [3.8, 4) is 0 Å². The predicted octanol–water partition coefficient (Wildman–Crippen LogP) is 6.09. The minimum atomic E-state index is 0.755. The molecule has 126 valence electrons. The van der Waals surface area contributed by atoms with Crippen LogP contribution in [0.25, 0.3) is 0 Å². The van der Waals surface area contributed by atoms with Crippen LogP contribution in [-0.2, 0) is 0 Å². The monoisotopic (exact) mass is 360 g/mol. The molecule has 24 heavy (non-hydrogen) atoms. The van der Waals surface area contributed by atoms with E-state index in [-0.39, 0.29) is 0 Å². The third-order valence-electron chi connectivity index (χ3n) is 3.55. The van der Waals surface area contributed by atoms with Crippen molar-refractivity contribution in [1.29, 1.82) is 0 Å². The van der Waals surface area contributed by atoms with Crippen LogP contribution in [0.3, 0.4) is 0 Å². The maximum absolute atomic E-state index is 5.85. The lowest BCUT2D eigenvalue weighted by Crippen LogP contribution is -1.88. The zero-order chi connectivity index (χ0) is 17.0. The molecule has 2 nitrogen and oxygen atoms in total. The van der Waals surface area contributed by atoms with E-state index in [1.165, 1.54) is 12.8 Å². The summed E-state index contributed by atoms with van der Waals surface area (Å²) < 4.78 is 0. The average Bonchev–Trinajstić information content (AvgIpc) is 2.60. The van der Waals surface area contributed by atoms with E-state index >= 15 is 0 Å². The Morgan fingerprint density at radius 3 is 1.33 bits per heavy atom.